The van der Waals surface area contributed by atoms with Gasteiger partial charge in [0.25, 0.3) is 0 Å². The molecule has 35 heavy (non-hydrogen) atoms. The first kappa shape index (κ1) is 27.9. The molecule has 2 rings (SSSR count). The molecule has 1 aliphatic heterocycles. The number of thiol groups is 1. The van der Waals surface area contributed by atoms with Crippen molar-refractivity contribution in [1.82, 2.24) is 25.5 Å². The maximum absolute atomic E-state index is 13.3. The highest BCUT2D eigenvalue weighted by molar-refractivity contribution is 7.80. The average molecular weight is 512 g/mol. The first-order valence-electron chi connectivity index (χ1n) is 11.2. The number of carbonyl (C=O) groups excluding carboxylic acids is 3. The second kappa shape index (κ2) is 13.5. The van der Waals surface area contributed by atoms with Gasteiger partial charge in [-0.25, -0.2) is 9.78 Å². The molecule has 3 amide bonds. The molecule has 1 aromatic rings. The van der Waals surface area contributed by atoms with E-state index in [0.29, 0.717) is 25.0 Å². The fourth-order valence-electron chi connectivity index (χ4n) is 3.71. The summed E-state index contributed by atoms with van der Waals surface area (Å²) in [5, 5.41) is 14.7. The van der Waals surface area contributed by atoms with Crippen molar-refractivity contribution in [3.8, 4) is 0 Å². The summed E-state index contributed by atoms with van der Waals surface area (Å²) in [6.45, 7) is 0.492. The standard InChI is InChI=1S/C20H33N9O5S/c21-12(9-35)16(30)27-13(3-1-5-25-20(22)23)17(31)28-14(7-11-8-24-10-26-11)18(32)29-6-2-4-15(29)19(33)34/h8,10,12-15,35H,1-7,9,21H2,(H,24,26)(H,27,30)(H,28,31)(H,33,34)(H4,22,23,25). The number of carboxylic acids is 1. The molecule has 0 bridgehead atoms. The largest absolute Gasteiger partial charge is 0.480 e. The summed E-state index contributed by atoms with van der Waals surface area (Å²) in [4.78, 5) is 62.4. The molecular formula is C20H33N9O5S. The maximum Gasteiger partial charge on any atom is 0.326 e. The van der Waals surface area contributed by atoms with E-state index >= 15 is 0 Å². The van der Waals surface area contributed by atoms with Gasteiger partial charge in [0.15, 0.2) is 5.96 Å². The minimum absolute atomic E-state index is 0.0538. The van der Waals surface area contributed by atoms with E-state index in [1.807, 2.05) is 0 Å². The van der Waals surface area contributed by atoms with Crippen molar-refractivity contribution < 1.29 is 24.3 Å². The van der Waals surface area contributed by atoms with Crippen molar-refractivity contribution >= 4 is 42.3 Å². The number of imidazole rings is 1. The Morgan fingerprint density at radius 3 is 2.57 bits per heavy atom. The number of likely N-dealkylation sites (tertiary alicyclic amines) is 1. The van der Waals surface area contributed by atoms with Gasteiger partial charge in [0.05, 0.1) is 12.4 Å². The minimum Gasteiger partial charge on any atom is -0.480 e. The molecular weight excluding hydrogens is 478 g/mol. The summed E-state index contributed by atoms with van der Waals surface area (Å²) in [6, 6.07) is -4.02. The predicted molar refractivity (Wildman–Crippen MR) is 130 cm³/mol. The lowest BCUT2D eigenvalue weighted by Crippen LogP contribution is -2.57. The fourth-order valence-corrected chi connectivity index (χ4v) is 3.88. The quantitative estimate of drug-likeness (QED) is 0.0594. The molecule has 4 unspecified atom stereocenters. The molecule has 4 atom stereocenters. The van der Waals surface area contributed by atoms with Gasteiger partial charge in [0.1, 0.15) is 18.1 Å². The van der Waals surface area contributed by atoms with Crippen LogP contribution >= 0.6 is 12.6 Å². The Morgan fingerprint density at radius 1 is 1.26 bits per heavy atom. The third-order valence-corrected chi connectivity index (χ3v) is 5.92. The number of nitrogens with one attached hydrogen (secondary N) is 3. The maximum atomic E-state index is 13.3. The summed E-state index contributed by atoms with van der Waals surface area (Å²) in [6.07, 6.45) is 4.39. The van der Waals surface area contributed by atoms with E-state index in [9.17, 15) is 24.3 Å². The topological polar surface area (TPSA) is 235 Å². The Bertz CT molecular complexity index is 907. The summed E-state index contributed by atoms with van der Waals surface area (Å²) in [5.74, 6) is -2.87. The van der Waals surface area contributed by atoms with Crippen LogP contribution in [0.4, 0.5) is 0 Å². The number of hydrogen-bond donors (Lipinski definition) is 8. The number of carboxylic acid groups (broad SMARTS) is 1. The van der Waals surface area contributed by atoms with Crippen LogP contribution < -0.4 is 27.8 Å². The second-order valence-corrected chi connectivity index (χ2v) is 8.53. The zero-order chi connectivity index (χ0) is 26.0. The van der Waals surface area contributed by atoms with Gasteiger partial charge in [-0.1, -0.05) is 0 Å². The van der Waals surface area contributed by atoms with Gasteiger partial charge in [-0.3, -0.25) is 19.4 Å². The number of guanidine groups is 1. The lowest BCUT2D eigenvalue weighted by Gasteiger charge is -2.28. The molecule has 2 heterocycles. The lowest BCUT2D eigenvalue weighted by atomic mass is 10.1. The Hall–Kier alpha value is -3.33. The van der Waals surface area contributed by atoms with Crippen molar-refractivity contribution in [1.29, 1.82) is 0 Å². The van der Waals surface area contributed by atoms with Crippen LogP contribution in [0.25, 0.3) is 0 Å². The molecule has 0 saturated carbocycles. The summed E-state index contributed by atoms with van der Waals surface area (Å²) in [7, 11) is 0. The average Bonchev–Trinajstić information content (AvgIpc) is 3.51. The molecule has 0 radical (unpaired) electrons. The van der Waals surface area contributed by atoms with Crippen LogP contribution in [0.2, 0.25) is 0 Å². The monoisotopic (exact) mass is 511 g/mol. The molecule has 0 aromatic carbocycles. The molecule has 1 aliphatic rings. The summed E-state index contributed by atoms with van der Waals surface area (Å²) >= 11 is 4.00. The van der Waals surface area contributed by atoms with E-state index in [1.165, 1.54) is 17.4 Å². The van der Waals surface area contributed by atoms with E-state index in [2.05, 4.69) is 38.2 Å². The van der Waals surface area contributed by atoms with Crippen molar-refractivity contribution in [3.05, 3.63) is 18.2 Å². The fraction of sp³-hybridized carbons (Fsp3) is 0.600. The zero-order valence-corrected chi connectivity index (χ0v) is 20.1. The van der Waals surface area contributed by atoms with Gasteiger partial charge < -0.3 is 42.8 Å². The van der Waals surface area contributed by atoms with Gasteiger partial charge in [-0.15, -0.1) is 0 Å². The number of H-pyrrole nitrogens is 1. The van der Waals surface area contributed by atoms with Crippen LogP contribution in [-0.4, -0.2) is 92.6 Å². The van der Waals surface area contributed by atoms with Crippen LogP contribution in [0.3, 0.4) is 0 Å². The first-order chi connectivity index (χ1) is 16.6. The third-order valence-electron chi connectivity index (χ3n) is 5.53. The number of amides is 3. The molecule has 0 spiro atoms. The van der Waals surface area contributed by atoms with Gasteiger partial charge in [-0.05, 0) is 25.7 Å². The molecule has 194 valence electrons. The van der Waals surface area contributed by atoms with E-state index < -0.39 is 47.9 Å². The van der Waals surface area contributed by atoms with E-state index in [1.54, 1.807) is 0 Å². The van der Waals surface area contributed by atoms with Crippen LogP contribution in [0.5, 0.6) is 0 Å². The van der Waals surface area contributed by atoms with Gasteiger partial charge in [0, 0.05) is 37.2 Å². The minimum atomic E-state index is -1.10. The lowest BCUT2D eigenvalue weighted by molar-refractivity contribution is -0.149. The zero-order valence-electron chi connectivity index (χ0n) is 19.2. The highest BCUT2D eigenvalue weighted by Crippen LogP contribution is 2.19. The van der Waals surface area contributed by atoms with E-state index in [0.717, 1.165) is 0 Å². The number of rotatable bonds is 13. The number of nitrogens with two attached hydrogens (primary N) is 3. The molecule has 10 N–H and O–H groups in total. The Kier molecular flexibility index (Phi) is 10.8. The van der Waals surface area contributed by atoms with Gasteiger partial charge >= 0.3 is 5.97 Å². The normalized spacial score (nSPS) is 17.8. The third kappa shape index (κ3) is 8.43. The molecule has 0 aliphatic carbocycles. The highest BCUT2D eigenvalue weighted by Gasteiger charge is 2.38. The van der Waals surface area contributed by atoms with Gasteiger partial charge in [0.2, 0.25) is 17.7 Å². The molecule has 1 aromatic heterocycles. The number of hydrogen-bond acceptors (Lipinski definition) is 8. The molecule has 14 nitrogen and oxygen atoms in total. The molecule has 15 heteroatoms. The van der Waals surface area contributed by atoms with Crippen molar-refractivity contribution in [2.45, 2.75) is 56.3 Å². The summed E-state index contributed by atoms with van der Waals surface area (Å²) < 4.78 is 0. The van der Waals surface area contributed by atoms with Crippen LogP contribution in [0, 0.1) is 0 Å². The Balaban J connectivity index is 2.20. The first-order valence-corrected chi connectivity index (χ1v) is 11.8. The second-order valence-electron chi connectivity index (χ2n) is 8.17. The Labute approximate surface area is 207 Å². The van der Waals surface area contributed by atoms with Gasteiger partial charge in [-0.2, -0.15) is 12.6 Å². The van der Waals surface area contributed by atoms with E-state index in [4.69, 9.17) is 17.2 Å². The van der Waals surface area contributed by atoms with Crippen LogP contribution in [0.15, 0.2) is 17.5 Å². The number of carbonyl (C=O) groups is 4. The SMILES string of the molecule is NC(N)=NCCCC(NC(=O)C(N)CS)C(=O)NC(Cc1cnc[nH]1)C(=O)N1CCCC1C(=O)O. The highest BCUT2D eigenvalue weighted by atomic mass is 32.1. The Morgan fingerprint density at radius 2 is 1.97 bits per heavy atom. The number of aliphatic carboxylic acids is 1. The number of aliphatic imine (C=N–C) groups is 1. The number of aromatic amines is 1. The van der Waals surface area contributed by atoms with E-state index in [-0.39, 0.29) is 37.6 Å². The van der Waals surface area contributed by atoms with Crippen LogP contribution in [0.1, 0.15) is 31.4 Å². The van der Waals surface area contributed by atoms with Crippen molar-refractivity contribution in [3.63, 3.8) is 0 Å². The smallest absolute Gasteiger partial charge is 0.326 e. The number of aromatic nitrogens is 2. The predicted octanol–water partition coefficient (Wildman–Crippen LogP) is -2.69. The summed E-state index contributed by atoms with van der Waals surface area (Å²) in [5.41, 5.74) is 16.9. The van der Waals surface area contributed by atoms with Crippen LogP contribution in [-0.2, 0) is 25.6 Å². The number of nitrogens with zero attached hydrogens (tertiary/aromatic N) is 3. The van der Waals surface area contributed by atoms with Crippen molar-refractivity contribution in [2.24, 2.45) is 22.2 Å². The van der Waals surface area contributed by atoms with Crippen molar-refractivity contribution in [2.75, 3.05) is 18.8 Å². The molecule has 1 fully saturated rings. The molecule has 1 saturated heterocycles.